The van der Waals surface area contributed by atoms with E-state index in [1.807, 2.05) is 19.1 Å². The summed E-state index contributed by atoms with van der Waals surface area (Å²) in [4.78, 5) is 24.9. The molecule has 1 unspecified atom stereocenters. The van der Waals surface area contributed by atoms with Crippen molar-refractivity contribution in [3.05, 3.63) is 35.4 Å². The molecule has 1 amide bonds. The SMILES string of the molecule is CCCCCc1ccc(C(=O)CSc2nnc(NC(=O)C(CC)CCCC)s2)cc1. The molecule has 2 aromatic rings. The Hall–Kier alpha value is -1.73. The first-order valence-electron chi connectivity index (χ1n) is 11.0. The molecule has 1 aromatic heterocycles. The number of amides is 1. The topological polar surface area (TPSA) is 72.0 Å². The van der Waals surface area contributed by atoms with Crippen molar-refractivity contribution in [2.24, 2.45) is 5.92 Å². The second-order valence-corrected chi connectivity index (χ2v) is 9.68. The van der Waals surface area contributed by atoms with Crippen LogP contribution in [0.1, 0.15) is 81.6 Å². The number of nitrogens with one attached hydrogen (secondary N) is 1. The highest BCUT2D eigenvalue weighted by atomic mass is 32.2. The Balaban J connectivity index is 1.81. The molecule has 30 heavy (non-hydrogen) atoms. The van der Waals surface area contributed by atoms with Gasteiger partial charge in [0.15, 0.2) is 10.1 Å². The van der Waals surface area contributed by atoms with E-state index in [4.69, 9.17) is 0 Å². The number of aromatic nitrogens is 2. The molecule has 1 atom stereocenters. The largest absolute Gasteiger partial charge is 0.300 e. The fraction of sp³-hybridized carbons (Fsp3) is 0.565. The van der Waals surface area contributed by atoms with E-state index in [0.717, 1.165) is 37.7 Å². The predicted octanol–water partition coefficient (Wildman–Crippen LogP) is 6.40. The van der Waals surface area contributed by atoms with E-state index in [-0.39, 0.29) is 17.6 Å². The minimum absolute atomic E-state index is 0.00810. The maximum Gasteiger partial charge on any atom is 0.229 e. The van der Waals surface area contributed by atoms with Gasteiger partial charge in [-0.25, -0.2) is 0 Å². The molecule has 2 rings (SSSR count). The number of ketones is 1. The maximum absolute atomic E-state index is 12.5. The van der Waals surface area contributed by atoms with Crippen molar-refractivity contribution in [1.82, 2.24) is 10.2 Å². The van der Waals surface area contributed by atoms with Gasteiger partial charge in [-0.3, -0.25) is 9.59 Å². The number of carbonyl (C=O) groups excluding carboxylic acids is 2. The lowest BCUT2D eigenvalue weighted by Crippen LogP contribution is -2.22. The Morgan fingerprint density at radius 1 is 1.03 bits per heavy atom. The Kier molecular flexibility index (Phi) is 11.1. The van der Waals surface area contributed by atoms with Crippen molar-refractivity contribution in [2.75, 3.05) is 11.1 Å². The van der Waals surface area contributed by atoms with Gasteiger partial charge in [0.1, 0.15) is 0 Å². The number of hydrogen-bond acceptors (Lipinski definition) is 6. The summed E-state index contributed by atoms with van der Waals surface area (Å²) in [6.45, 7) is 6.36. The van der Waals surface area contributed by atoms with Crippen LogP contribution in [-0.2, 0) is 11.2 Å². The van der Waals surface area contributed by atoms with E-state index >= 15 is 0 Å². The lowest BCUT2D eigenvalue weighted by atomic mass is 9.99. The number of hydrogen-bond donors (Lipinski definition) is 1. The van der Waals surface area contributed by atoms with Gasteiger partial charge in [0, 0.05) is 11.5 Å². The van der Waals surface area contributed by atoms with E-state index in [0.29, 0.717) is 15.2 Å². The third-order valence-corrected chi connectivity index (χ3v) is 7.05. The average molecular weight is 448 g/mol. The molecule has 5 nitrogen and oxygen atoms in total. The zero-order valence-corrected chi connectivity index (χ0v) is 19.9. The van der Waals surface area contributed by atoms with Gasteiger partial charge < -0.3 is 5.32 Å². The van der Waals surface area contributed by atoms with Gasteiger partial charge in [-0.2, -0.15) is 0 Å². The van der Waals surface area contributed by atoms with Crippen molar-refractivity contribution in [3.63, 3.8) is 0 Å². The fourth-order valence-corrected chi connectivity index (χ4v) is 4.79. The van der Waals surface area contributed by atoms with Crippen molar-refractivity contribution < 1.29 is 9.59 Å². The second-order valence-electron chi connectivity index (χ2n) is 7.48. The highest BCUT2D eigenvalue weighted by Crippen LogP contribution is 2.27. The number of unbranched alkanes of at least 4 members (excludes halogenated alkanes) is 3. The minimum Gasteiger partial charge on any atom is -0.300 e. The lowest BCUT2D eigenvalue weighted by molar-refractivity contribution is -0.120. The second kappa shape index (κ2) is 13.5. The number of benzene rings is 1. The molecule has 0 aliphatic heterocycles. The Bertz CT molecular complexity index is 790. The molecule has 1 heterocycles. The summed E-state index contributed by atoms with van der Waals surface area (Å²) in [7, 11) is 0. The molecule has 0 saturated heterocycles. The third-order valence-electron chi connectivity index (χ3n) is 5.08. The zero-order valence-electron chi connectivity index (χ0n) is 18.3. The molecule has 7 heteroatoms. The van der Waals surface area contributed by atoms with E-state index in [1.165, 1.54) is 47.9 Å². The molecule has 0 radical (unpaired) electrons. The highest BCUT2D eigenvalue weighted by molar-refractivity contribution is 8.01. The molecule has 0 fully saturated rings. The Morgan fingerprint density at radius 3 is 2.43 bits per heavy atom. The zero-order chi connectivity index (χ0) is 21.8. The Labute approximate surface area is 188 Å². The predicted molar refractivity (Wildman–Crippen MR) is 127 cm³/mol. The number of thioether (sulfide) groups is 1. The van der Waals surface area contributed by atoms with E-state index in [2.05, 4.69) is 41.5 Å². The molecule has 0 saturated carbocycles. The molecular weight excluding hydrogens is 414 g/mol. The fourth-order valence-electron chi connectivity index (χ4n) is 3.14. The molecule has 1 N–H and O–H groups in total. The van der Waals surface area contributed by atoms with Gasteiger partial charge in [0.05, 0.1) is 5.75 Å². The average Bonchev–Trinajstić information content (AvgIpc) is 3.20. The molecular formula is C23H33N3O2S2. The molecule has 1 aromatic carbocycles. The summed E-state index contributed by atoms with van der Waals surface area (Å²) in [6, 6.07) is 7.93. The van der Waals surface area contributed by atoms with Gasteiger partial charge in [0.2, 0.25) is 11.0 Å². The number of Topliss-reactive ketones (excluding diaryl/α,β-unsaturated/α-hetero) is 1. The van der Waals surface area contributed by atoms with Crippen molar-refractivity contribution >= 4 is 39.9 Å². The number of nitrogens with zero attached hydrogens (tertiary/aromatic N) is 2. The first-order valence-corrected chi connectivity index (χ1v) is 12.8. The van der Waals surface area contributed by atoms with Crippen LogP contribution in [0.15, 0.2) is 28.6 Å². The number of anilines is 1. The number of aryl methyl sites for hydroxylation is 1. The monoisotopic (exact) mass is 447 g/mol. The first-order chi connectivity index (χ1) is 14.6. The molecule has 0 bridgehead atoms. The van der Waals surface area contributed by atoms with Crippen LogP contribution < -0.4 is 5.32 Å². The lowest BCUT2D eigenvalue weighted by Gasteiger charge is -2.12. The van der Waals surface area contributed by atoms with Gasteiger partial charge >= 0.3 is 0 Å². The Morgan fingerprint density at radius 2 is 1.77 bits per heavy atom. The van der Waals surface area contributed by atoms with E-state index in [1.54, 1.807) is 0 Å². The van der Waals surface area contributed by atoms with Crippen molar-refractivity contribution in [1.29, 1.82) is 0 Å². The van der Waals surface area contributed by atoms with Crippen LogP contribution in [0, 0.1) is 5.92 Å². The van der Waals surface area contributed by atoms with Gasteiger partial charge in [-0.15, -0.1) is 10.2 Å². The number of carbonyl (C=O) groups is 2. The van der Waals surface area contributed by atoms with E-state index < -0.39 is 0 Å². The summed E-state index contributed by atoms with van der Waals surface area (Å²) in [6.07, 6.45) is 8.54. The van der Waals surface area contributed by atoms with Crippen LogP contribution >= 0.6 is 23.1 Å². The normalized spacial score (nSPS) is 12.0. The van der Waals surface area contributed by atoms with Crippen LogP contribution in [0.5, 0.6) is 0 Å². The van der Waals surface area contributed by atoms with Crippen LogP contribution in [0.3, 0.4) is 0 Å². The summed E-state index contributed by atoms with van der Waals surface area (Å²) < 4.78 is 0.691. The van der Waals surface area contributed by atoms with Crippen LogP contribution in [-0.4, -0.2) is 27.6 Å². The molecule has 0 aliphatic carbocycles. The van der Waals surface area contributed by atoms with Crippen molar-refractivity contribution in [2.45, 2.75) is 76.5 Å². The smallest absolute Gasteiger partial charge is 0.229 e. The van der Waals surface area contributed by atoms with Crippen molar-refractivity contribution in [3.8, 4) is 0 Å². The van der Waals surface area contributed by atoms with Gasteiger partial charge in [-0.1, -0.05) is 93.8 Å². The maximum atomic E-state index is 12.5. The highest BCUT2D eigenvalue weighted by Gasteiger charge is 2.18. The minimum atomic E-state index is 0.00810. The molecule has 0 spiro atoms. The summed E-state index contributed by atoms with van der Waals surface area (Å²) in [5.74, 6) is 0.406. The molecule has 164 valence electrons. The van der Waals surface area contributed by atoms with Crippen LogP contribution in [0.25, 0.3) is 0 Å². The molecule has 0 aliphatic rings. The quantitative estimate of drug-likeness (QED) is 0.157. The van der Waals surface area contributed by atoms with Gasteiger partial charge in [0.25, 0.3) is 0 Å². The third kappa shape index (κ3) is 8.19. The van der Waals surface area contributed by atoms with E-state index in [9.17, 15) is 9.59 Å². The summed E-state index contributed by atoms with van der Waals surface area (Å²) >= 11 is 2.68. The summed E-state index contributed by atoms with van der Waals surface area (Å²) in [5, 5.41) is 11.5. The standard InChI is InChI=1S/C23H33N3O2S2/c1-4-7-9-10-17-12-14-19(15-13-17)20(27)16-29-23-26-25-22(30-23)24-21(28)18(6-3)11-8-5-2/h12-15,18H,4-11,16H2,1-3H3,(H,24,25,28). The van der Waals surface area contributed by atoms with Crippen LogP contribution in [0.4, 0.5) is 5.13 Å². The summed E-state index contributed by atoms with van der Waals surface area (Å²) in [5.41, 5.74) is 2.00. The first kappa shape index (κ1) is 24.5. The number of rotatable bonds is 14. The van der Waals surface area contributed by atoms with Gasteiger partial charge in [-0.05, 0) is 31.2 Å². The van der Waals surface area contributed by atoms with Crippen LogP contribution in [0.2, 0.25) is 0 Å².